The molecule has 5 nitrogen and oxygen atoms in total. The molecule has 0 amide bonds. The Bertz CT molecular complexity index is 1180. The number of hydrogen-bond acceptors (Lipinski definition) is 5. The van der Waals surface area contributed by atoms with Crippen LogP contribution in [0, 0.1) is 0 Å². The van der Waals surface area contributed by atoms with Crippen molar-refractivity contribution in [3.05, 3.63) is 64.5 Å². The number of hydrogen-bond donors (Lipinski definition) is 0. The van der Waals surface area contributed by atoms with Crippen molar-refractivity contribution < 1.29 is 18.4 Å². The molecular weight excluding hydrogens is 344 g/mol. The summed E-state index contributed by atoms with van der Waals surface area (Å²) in [5.41, 5.74) is 2.07. The van der Waals surface area contributed by atoms with Gasteiger partial charge in [0.25, 0.3) is 0 Å². The summed E-state index contributed by atoms with van der Waals surface area (Å²) in [6, 6.07) is 12.8. The predicted octanol–water partition coefficient (Wildman–Crippen LogP) is 5.08. The van der Waals surface area contributed by atoms with Gasteiger partial charge in [-0.3, -0.25) is 9.59 Å². The van der Waals surface area contributed by atoms with Gasteiger partial charge < -0.3 is 13.6 Å². The van der Waals surface area contributed by atoms with E-state index in [0.717, 1.165) is 17.4 Å². The summed E-state index contributed by atoms with van der Waals surface area (Å²) < 4.78 is 16.8. The van der Waals surface area contributed by atoms with Gasteiger partial charge in [0, 0.05) is 18.4 Å². The van der Waals surface area contributed by atoms with Gasteiger partial charge >= 0.3 is 5.97 Å². The molecule has 4 rings (SSSR count). The van der Waals surface area contributed by atoms with E-state index in [1.165, 1.54) is 13.2 Å². The molecule has 4 aromatic rings. The number of ether oxygens (including phenoxy) is 1. The van der Waals surface area contributed by atoms with Gasteiger partial charge in [-0.1, -0.05) is 31.5 Å². The molecule has 27 heavy (non-hydrogen) atoms. The maximum atomic E-state index is 13.1. The molecule has 0 aliphatic heterocycles. The predicted molar refractivity (Wildman–Crippen MR) is 103 cm³/mol. The summed E-state index contributed by atoms with van der Waals surface area (Å²) in [4.78, 5) is 24.4. The summed E-state index contributed by atoms with van der Waals surface area (Å²) >= 11 is 0. The highest BCUT2D eigenvalue weighted by molar-refractivity contribution is 5.87. The molecule has 136 valence electrons. The molecule has 0 saturated heterocycles. The van der Waals surface area contributed by atoms with Crippen molar-refractivity contribution in [1.29, 1.82) is 0 Å². The molecule has 2 aromatic carbocycles. The van der Waals surface area contributed by atoms with Crippen LogP contribution in [0.15, 0.2) is 62.4 Å². The second-order valence-electron chi connectivity index (χ2n) is 6.43. The van der Waals surface area contributed by atoms with E-state index in [1.54, 1.807) is 12.1 Å². The van der Waals surface area contributed by atoms with Gasteiger partial charge in [0.1, 0.15) is 34.5 Å². The van der Waals surface area contributed by atoms with Gasteiger partial charge in [-0.2, -0.15) is 0 Å². The van der Waals surface area contributed by atoms with Crippen molar-refractivity contribution in [3.8, 4) is 17.1 Å². The summed E-state index contributed by atoms with van der Waals surface area (Å²) in [6.45, 7) is 3.37. The average molecular weight is 362 g/mol. The first kappa shape index (κ1) is 17.1. The highest BCUT2D eigenvalue weighted by atomic mass is 16.5. The molecule has 5 heteroatoms. The van der Waals surface area contributed by atoms with Crippen LogP contribution in [0.2, 0.25) is 0 Å². The molecule has 0 atom stereocenters. The number of carbonyl (C=O) groups is 1. The first-order valence-electron chi connectivity index (χ1n) is 8.82. The van der Waals surface area contributed by atoms with Crippen molar-refractivity contribution in [3.63, 3.8) is 0 Å². The summed E-state index contributed by atoms with van der Waals surface area (Å²) in [7, 11) is 0. The van der Waals surface area contributed by atoms with Gasteiger partial charge in [0.15, 0.2) is 0 Å². The Morgan fingerprint density at radius 3 is 2.67 bits per heavy atom. The lowest BCUT2D eigenvalue weighted by atomic mass is 10.0. The zero-order valence-electron chi connectivity index (χ0n) is 15.1. The van der Waals surface area contributed by atoms with E-state index in [0.29, 0.717) is 40.0 Å². The maximum absolute atomic E-state index is 13.1. The molecule has 0 aliphatic carbocycles. The SMILES string of the molecule is CCCc1cc2c(=O)c(-c3cc4ccccc4o3)coc2cc1OC(C)=O. The van der Waals surface area contributed by atoms with Crippen LogP contribution in [0.3, 0.4) is 0 Å². The molecular formula is C22H18O5. The van der Waals surface area contributed by atoms with Crippen molar-refractivity contribution >= 4 is 27.9 Å². The first-order valence-corrected chi connectivity index (χ1v) is 8.82. The normalized spacial score (nSPS) is 11.2. The second-order valence-corrected chi connectivity index (χ2v) is 6.43. The van der Waals surface area contributed by atoms with Gasteiger partial charge in [-0.15, -0.1) is 0 Å². The Labute approximate surface area is 155 Å². The van der Waals surface area contributed by atoms with Gasteiger partial charge in [0.2, 0.25) is 5.43 Å². The fraction of sp³-hybridized carbons (Fsp3) is 0.182. The Kier molecular flexibility index (Phi) is 4.28. The number of benzene rings is 2. The Hall–Kier alpha value is -3.34. The zero-order valence-corrected chi connectivity index (χ0v) is 15.1. The average Bonchev–Trinajstić information content (AvgIpc) is 3.06. The first-order chi connectivity index (χ1) is 13.1. The molecule has 0 N–H and O–H groups in total. The van der Waals surface area contributed by atoms with Crippen molar-refractivity contribution in [2.45, 2.75) is 26.7 Å². The minimum atomic E-state index is -0.409. The van der Waals surface area contributed by atoms with Crippen molar-refractivity contribution in [2.24, 2.45) is 0 Å². The molecule has 2 heterocycles. The monoisotopic (exact) mass is 362 g/mol. The molecule has 0 aliphatic rings. The fourth-order valence-electron chi connectivity index (χ4n) is 3.20. The van der Waals surface area contributed by atoms with E-state index >= 15 is 0 Å². The number of rotatable bonds is 4. The highest BCUT2D eigenvalue weighted by Gasteiger charge is 2.16. The third kappa shape index (κ3) is 3.12. The lowest BCUT2D eigenvalue weighted by molar-refractivity contribution is -0.131. The minimum absolute atomic E-state index is 0.179. The fourth-order valence-corrected chi connectivity index (χ4v) is 3.20. The minimum Gasteiger partial charge on any atom is -0.463 e. The van der Waals surface area contributed by atoms with Crippen LogP contribution in [0.1, 0.15) is 25.8 Å². The van der Waals surface area contributed by atoms with E-state index in [2.05, 4.69) is 0 Å². The van der Waals surface area contributed by atoms with E-state index in [1.807, 2.05) is 37.3 Å². The van der Waals surface area contributed by atoms with Crippen molar-refractivity contribution in [1.82, 2.24) is 0 Å². The zero-order chi connectivity index (χ0) is 19.0. The van der Waals surface area contributed by atoms with Gasteiger partial charge in [-0.25, -0.2) is 0 Å². The number of esters is 1. The third-order valence-electron chi connectivity index (χ3n) is 4.42. The maximum Gasteiger partial charge on any atom is 0.308 e. The second kappa shape index (κ2) is 6.76. The molecule has 0 spiro atoms. The molecule has 0 bridgehead atoms. The largest absolute Gasteiger partial charge is 0.463 e. The quantitative estimate of drug-likeness (QED) is 0.374. The van der Waals surface area contributed by atoms with Crippen LogP contribution in [0.4, 0.5) is 0 Å². The van der Waals surface area contributed by atoms with E-state index < -0.39 is 5.97 Å². The summed E-state index contributed by atoms with van der Waals surface area (Å²) in [5, 5.41) is 1.36. The summed E-state index contributed by atoms with van der Waals surface area (Å²) in [5.74, 6) is 0.484. The van der Waals surface area contributed by atoms with Crippen LogP contribution >= 0.6 is 0 Å². The lowest BCUT2D eigenvalue weighted by Gasteiger charge is -2.10. The van der Waals surface area contributed by atoms with Crippen LogP contribution in [-0.2, 0) is 11.2 Å². The van der Waals surface area contributed by atoms with E-state index in [9.17, 15) is 9.59 Å². The highest BCUT2D eigenvalue weighted by Crippen LogP contribution is 2.30. The van der Waals surface area contributed by atoms with E-state index in [4.69, 9.17) is 13.6 Å². The number of fused-ring (bicyclic) bond motifs is 2. The Balaban J connectivity index is 1.90. The Morgan fingerprint density at radius 2 is 1.93 bits per heavy atom. The number of carbonyl (C=O) groups excluding carboxylic acids is 1. The third-order valence-corrected chi connectivity index (χ3v) is 4.42. The van der Waals surface area contributed by atoms with E-state index in [-0.39, 0.29) is 5.43 Å². The number of furan rings is 1. The molecule has 2 aromatic heterocycles. The van der Waals surface area contributed by atoms with Gasteiger partial charge in [-0.05, 0) is 30.2 Å². The topological polar surface area (TPSA) is 69.7 Å². The van der Waals surface area contributed by atoms with Crippen LogP contribution in [0.5, 0.6) is 5.75 Å². The van der Waals surface area contributed by atoms with Crippen LogP contribution in [0.25, 0.3) is 33.3 Å². The number of para-hydroxylation sites is 1. The van der Waals surface area contributed by atoms with Crippen LogP contribution in [-0.4, -0.2) is 5.97 Å². The molecule has 0 fully saturated rings. The molecule has 0 saturated carbocycles. The number of aryl methyl sites for hydroxylation is 1. The molecule has 0 unspecified atom stereocenters. The summed E-state index contributed by atoms with van der Waals surface area (Å²) in [6.07, 6.45) is 2.93. The smallest absolute Gasteiger partial charge is 0.308 e. The van der Waals surface area contributed by atoms with Gasteiger partial charge in [0.05, 0.1) is 5.39 Å². The standard InChI is InChI=1S/C22H18O5/c1-3-6-14-9-16-20(11-19(14)26-13(2)23)25-12-17(22(16)24)21-10-15-7-4-5-8-18(15)27-21/h4-5,7-12H,3,6H2,1-2H3. The Morgan fingerprint density at radius 1 is 1.11 bits per heavy atom. The van der Waals surface area contributed by atoms with Crippen molar-refractivity contribution in [2.75, 3.05) is 0 Å². The molecule has 0 radical (unpaired) electrons. The van der Waals surface area contributed by atoms with Crippen LogP contribution < -0.4 is 10.2 Å². The lowest BCUT2D eigenvalue weighted by Crippen LogP contribution is -2.08.